The smallest absolute Gasteiger partial charge is 0.342 e. The van der Waals surface area contributed by atoms with E-state index in [0.29, 0.717) is 46.3 Å². The van der Waals surface area contributed by atoms with Crippen molar-refractivity contribution in [1.29, 1.82) is 0 Å². The first kappa shape index (κ1) is 21.7. The second kappa shape index (κ2) is 10.2. The summed E-state index contributed by atoms with van der Waals surface area (Å²) in [6.07, 6.45) is 1.55. The highest BCUT2D eigenvalue weighted by atomic mass is 35.5. The van der Waals surface area contributed by atoms with Crippen molar-refractivity contribution in [3.8, 4) is 22.9 Å². The molecule has 7 nitrogen and oxygen atoms in total. The first-order valence-corrected chi connectivity index (χ1v) is 10.4. The number of carboxylic acids is 1. The van der Waals surface area contributed by atoms with Crippen molar-refractivity contribution in [2.45, 2.75) is 19.0 Å². The number of aliphatic carboxylic acids is 1. The molecule has 1 heterocycles. The van der Waals surface area contributed by atoms with Crippen LogP contribution in [0.4, 0.5) is 0 Å². The largest absolute Gasteiger partial charge is 0.490 e. The maximum atomic E-state index is 11.8. The van der Waals surface area contributed by atoms with E-state index in [0.717, 1.165) is 17.3 Å². The van der Waals surface area contributed by atoms with Crippen LogP contribution in [0.25, 0.3) is 17.5 Å². The van der Waals surface area contributed by atoms with Gasteiger partial charge in [0.15, 0.2) is 17.3 Å². The van der Waals surface area contributed by atoms with Crippen molar-refractivity contribution in [3.63, 3.8) is 0 Å². The lowest BCUT2D eigenvalue weighted by atomic mass is 10.2. The monoisotopic (exact) mass is 445 g/mol. The lowest BCUT2D eigenvalue weighted by Gasteiger charge is -2.11. The molecule has 0 bridgehead atoms. The van der Waals surface area contributed by atoms with E-state index in [-0.39, 0.29) is 4.91 Å². The van der Waals surface area contributed by atoms with Crippen LogP contribution in [0.3, 0.4) is 0 Å². The van der Waals surface area contributed by atoms with Gasteiger partial charge >= 0.3 is 5.97 Å². The molecule has 9 heteroatoms. The van der Waals surface area contributed by atoms with Gasteiger partial charge in [-0.1, -0.05) is 17.7 Å². The Balaban J connectivity index is 1.84. The molecular weight excluding hydrogens is 426 g/mol. The highest BCUT2D eigenvalue weighted by molar-refractivity contribution is 8.04. The van der Waals surface area contributed by atoms with Crippen molar-refractivity contribution in [3.05, 3.63) is 58.0 Å². The number of H-pyrrole nitrogens is 1. The van der Waals surface area contributed by atoms with Crippen molar-refractivity contribution < 1.29 is 19.4 Å². The molecule has 2 N–H and O–H groups in total. The fraction of sp³-hybridized carbons (Fsp3) is 0.190. The third-order valence-corrected chi connectivity index (χ3v) is 4.99. The molecule has 0 saturated heterocycles. The summed E-state index contributed by atoms with van der Waals surface area (Å²) in [6, 6.07) is 12.4. The van der Waals surface area contributed by atoms with E-state index < -0.39 is 5.97 Å². The van der Waals surface area contributed by atoms with E-state index in [2.05, 4.69) is 15.2 Å². The van der Waals surface area contributed by atoms with Crippen LogP contribution in [0.15, 0.2) is 52.5 Å². The van der Waals surface area contributed by atoms with Crippen LogP contribution in [0, 0.1) is 0 Å². The molecule has 0 aliphatic heterocycles. The molecule has 0 aliphatic rings. The maximum absolute atomic E-state index is 11.8. The van der Waals surface area contributed by atoms with Crippen LogP contribution < -0.4 is 9.47 Å². The Kier molecular flexibility index (Phi) is 7.37. The third kappa shape index (κ3) is 5.55. The maximum Gasteiger partial charge on any atom is 0.342 e. The van der Waals surface area contributed by atoms with Crippen LogP contribution >= 0.6 is 23.4 Å². The van der Waals surface area contributed by atoms with Gasteiger partial charge in [-0.15, -0.1) is 5.10 Å². The van der Waals surface area contributed by atoms with Gasteiger partial charge in [-0.3, -0.25) is 5.10 Å². The van der Waals surface area contributed by atoms with Gasteiger partial charge in [0, 0.05) is 10.6 Å². The number of halogens is 1. The molecule has 0 aliphatic carbocycles. The number of benzene rings is 2. The number of aromatic amines is 1. The van der Waals surface area contributed by atoms with Gasteiger partial charge in [0.25, 0.3) is 0 Å². The summed E-state index contributed by atoms with van der Waals surface area (Å²) in [5, 5.41) is 17.5. The zero-order chi connectivity index (χ0) is 21.5. The number of rotatable bonds is 9. The number of ether oxygens (including phenoxy) is 2. The van der Waals surface area contributed by atoms with Crippen LogP contribution in [-0.2, 0) is 4.79 Å². The van der Waals surface area contributed by atoms with E-state index in [9.17, 15) is 9.90 Å². The standard InChI is InChI=1S/C21H20ClN3O4S/c1-3-28-16-10-5-13(11-17(16)29-4-2)12-18(20(26)27)30-21-23-19(24-25-21)14-6-8-15(22)9-7-14/h5-12H,3-4H2,1-2H3,(H,26,27)(H,23,24,25)/b18-12-. The Hall–Kier alpha value is -2.97. The number of hydrogen-bond donors (Lipinski definition) is 2. The van der Waals surface area contributed by atoms with Gasteiger partial charge < -0.3 is 14.6 Å². The fourth-order valence-electron chi connectivity index (χ4n) is 2.57. The average molecular weight is 446 g/mol. The number of hydrogen-bond acceptors (Lipinski definition) is 6. The Morgan fingerprint density at radius 2 is 1.83 bits per heavy atom. The molecule has 0 unspecified atom stereocenters. The summed E-state index contributed by atoms with van der Waals surface area (Å²) in [7, 11) is 0. The van der Waals surface area contributed by atoms with E-state index in [1.165, 1.54) is 0 Å². The van der Waals surface area contributed by atoms with Gasteiger partial charge in [0.2, 0.25) is 5.16 Å². The van der Waals surface area contributed by atoms with Crippen molar-refractivity contribution in [2.75, 3.05) is 13.2 Å². The molecule has 0 atom stereocenters. The Morgan fingerprint density at radius 1 is 1.13 bits per heavy atom. The molecule has 0 saturated carbocycles. The molecule has 0 fully saturated rings. The van der Waals surface area contributed by atoms with Crippen molar-refractivity contribution >= 4 is 35.4 Å². The second-order valence-electron chi connectivity index (χ2n) is 5.96. The minimum Gasteiger partial charge on any atom is -0.490 e. The predicted molar refractivity (Wildman–Crippen MR) is 117 cm³/mol. The van der Waals surface area contributed by atoms with Gasteiger partial charge in [-0.05, 0) is 73.6 Å². The van der Waals surface area contributed by atoms with E-state index in [1.54, 1.807) is 48.5 Å². The lowest BCUT2D eigenvalue weighted by Crippen LogP contribution is -2.00. The Labute approximate surface area is 183 Å². The van der Waals surface area contributed by atoms with Crippen LogP contribution in [-0.4, -0.2) is 39.5 Å². The summed E-state index contributed by atoms with van der Waals surface area (Å²) >= 11 is 6.86. The van der Waals surface area contributed by atoms with E-state index in [1.807, 2.05) is 13.8 Å². The molecule has 30 heavy (non-hydrogen) atoms. The zero-order valence-corrected chi connectivity index (χ0v) is 18.0. The second-order valence-corrected chi connectivity index (χ2v) is 7.41. The van der Waals surface area contributed by atoms with Crippen molar-refractivity contribution in [2.24, 2.45) is 0 Å². The third-order valence-electron chi connectivity index (χ3n) is 3.86. The molecule has 0 amide bonds. The molecule has 0 spiro atoms. The summed E-state index contributed by atoms with van der Waals surface area (Å²) in [5.41, 5.74) is 1.47. The number of nitrogens with zero attached hydrogens (tertiary/aromatic N) is 2. The number of aromatic nitrogens is 3. The quantitative estimate of drug-likeness (QED) is 0.347. The van der Waals surface area contributed by atoms with Crippen LogP contribution in [0.2, 0.25) is 5.02 Å². The molecule has 1 aromatic heterocycles. The van der Waals surface area contributed by atoms with Crippen molar-refractivity contribution in [1.82, 2.24) is 15.2 Å². The van der Waals surface area contributed by atoms with Gasteiger partial charge in [-0.25, -0.2) is 9.78 Å². The summed E-state index contributed by atoms with van der Waals surface area (Å²) in [5.74, 6) is 0.622. The van der Waals surface area contributed by atoms with Gasteiger partial charge in [-0.2, -0.15) is 0 Å². The average Bonchev–Trinajstić information content (AvgIpc) is 3.19. The topological polar surface area (TPSA) is 97.3 Å². The molecular formula is C21H20ClN3O4S. The SMILES string of the molecule is CCOc1ccc(/C=C(\Sc2n[nH]c(-c3ccc(Cl)cc3)n2)C(=O)O)cc1OCC. The highest BCUT2D eigenvalue weighted by Crippen LogP contribution is 2.32. The van der Waals surface area contributed by atoms with Crippen LogP contribution in [0.5, 0.6) is 11.5 Å². The number of thioether (sulfide) groups is 1. The first-order valence-electron chi connectivity index (χ1n) is 9.21. The predicted octanol–water partition coefficient (Wildman–Crippen LogP) is 5.14. The number of carbonyl (C=O) groups is 1. The Morgan fingerprint density at radius 3 is 2.50 bits per heavy atom. The molecule has 3 rings (SSSR count). The normalized spacial score (nSPS) is 11.4. The van der Waals surface area contributed by atoms with Crippen LogP contribution in [0.1, 0.15) is 19.4 Å². The first-order chi connectivity index (χ1) is 14.5. The molecule has 2 aromatic carbocycles. The summed E-state index contributed by atoms with van der Waals surface area (Å²) in [4.78, 5) is 16.2. The summed E-state index contributed by atoms with van der Waals surface area (Å²) < 4.78 is 11.1. The Bertz CT molecular complexity index is 1050. The van der Waals surface area contributed by atoms with E-state index in [4.69, 9.17) is 21.1 Å². The minimum atomic E-state index is -1.08. The summed E-state index contributed by atoms with van der Waals surface area (Å²) in [6.45, 7) is 4.74. The lowest BCUT2D eigenvalue weighted by molar-refractivity contribution is -0.131. The number of nitrogens with one attached hydrogen (secondary N) is 1. The fourth-order valence-corrected chi connectivity index (χ4v) is 3.40. The van der Waals surface area contributed by atoms with Gasteiger partial charge in [0.1, 0.15) is 4.91 Å². The highest BCUT2D eigenvalue weighted by Gasteiger charge is 2.15. The zero-order valence-electron chi connectivity index (χ0n) is 16.4. The molecule has 156 valence electrons. The van der Waals surface area contributed by atoms with E-state index >= 15 is 0 Å². The molecule has 3 aromatic rings. The van der Waals surface area contributed by atoms with Gasteiger partial charge in [0.05, 0.1) is 13.2 Å². The molecule has 0 radical (unpaired) electrons. The minimum absolute atomic E-state index is 0.0725. The number of carboxylic acid groups (broad SMARTS) is 1.